The lowest BCUT2D eigenvalue weighted by Crippen LogP contribution is -2.46. The molecule has 3 rings (SSSR count). The molecule has 0 bridgehead atoms. The quantitative estimate of drug-likeness (QED) is 0.669. The first-order valence-electron chi connectivity index (χ1n) is 7.91. The van der Waals surface area contributed by atoms with Crippen LogP contribution >= 0.6 is 0 Å². The van der Waals surface area contributed by atoms with Crippen LogP contribution in [0.5, 0.6) is 0 Å². The van der Waals surface area contributed by atoms with Crippen molar-refractivity contribution in [3.63, 3.8) is 0 Å². The average molecular weight is 284 g/mol. The molecule has 2 aliphatic rings. The van der Waals surface area contributed by atoms with E-state index in [0.717, 1.165) is 31.9 Å². The first-order valence-corrected chi connectivity index (χ1v) is 7.91. The number of nitrogens with zero attached hydrogens (tertiary/aromatic N) is 3. The molecule has 21 heavy (non-hydrogen) atoms. The number of nitrogen functional groups attached to an aromatic ring is 1. The van der Waals surface area contributed by atoms with Crippen molar-refractivity contribution in [3.05, 3.63) is 24.3 Å². The van der Waals surface area contributed by atoms with Gasteiger partial charge < -0.3 is 10.6 Å². The van der Waals surface area contributed by atoms with Crippen molar-refractivity contribution in [2.45, 2.75) is 25.7 Å². The Morgan fingerprint density at radius 3 is 2.14 bits per heavy atom. The molecule has 4 heteroatoms. The van der Waals surface area contributed by atoms with E-state index in [9.17, 15) is 0 Å². The van der Waals surface area contributed by atoms with Gasteiger partial charge in [-0.25, -0.2) is 0 Å². The molecule has 2 heterocycles. The summed E-state index contributed by atoms with van der Waals surface area (Å²) in [5, 5.41) is 8.79. The molecule has 2 N–H and O–H groups in total. The van der Waals surface area contributed by atoms with Gasteiger partial charge in [0.15, 0.2) is 0 Å². The molecule has 0 unspecified atom stereocenters. The van der Waals surface area contributed by atoms with Crippen LogP contribution in [-0.4, -0.2) is 37.6 Å². The third-order valence-corrected chi connectivity index (χ3v) is 5.29. The number of piperidine rings is 2. The summed E-state index contributed by atoms with van der Waals surface area (Å²) in [6.07, 6.45) is 5.06. The minimum absolute atomic E-state index is 0.524. The summed E-state index contributed by atoms with van der Waals surface area (Å²) in [5.74, 6) is 0. The van der Waals surface area contributed by atoms with E-state index in [1.54, 1.807) is 0 Å². The second-order valence-corrected chi connectivity index (χ2v) is 6.51. The zero-order chi connectivity index (χ0) is 14.7. The third kappa shape index (κ3) is 3.14. The zero-order valence-electron chi connectivity index (χ0n) is 12.6. The van der Waals surface area contributed by atoms with E-state index in [1.165, 1.54) is 31.4 Å². The number of benzene rings is 1. The van der Waals surface area contributed by atoms with Crippen LogP contribution < -0.4 is 10.6 Å². The Morgan fingerprint density at radius 2 is 1.57 bits per heavy atom. The predicted molar refractivity (Wildman–Crippen MR) is 86.0 cm³/mol. The molecule has 0 saturated carbocycles. The van der Waals surface area contributed by atoms with E-state index in [1.807, 2.05) is 12.1 Å². The van der Waals surface area contributed by atoms with Gasteiger partial charge in [0.2, 0.25) is 0 Å². The van der Waals surface area contributed by atoms with E-state index in [-0.39, 0.29) is 0 Å². The highest BCUT2D eigenvalue weighted by Gasteiger charge is 2.37. The van der Waals surface area contributed by atoms with Crippen molar-refractivity contribution in [3.8, 4) is 6.07 Å². The summed E-state index contributed by atoms with van der Waals surface area (Å²) >= 11 is 0. The molecule has 0 aromatic heterocycles. The van der Waals surface area contributed by atoms with Crippen LogP contribution in [0.25, 0.3) is 0 Å². The number of nitrogens with two attached hydrogens (primary N) is 1. The second kappa shape index (κ2) is 5.95. The Morgan fingerprint density at radius 1 is 1.00 bits per heavy atom. The molecule has 0 aliphatic carbocycles. The standard InChI is InChI=1S/C17H24N4/c18-9-14-20-10-5-17(6-11-20)7-12-21(13-8-17)16-3-1-15(19)2-4-16/h1-4H,5-8,10-14,19H2. The van der Waals surface area contributed by atoms with Crippen molar-refractivity contribution in [2.24, 2.45) is 5.41 Å². The first kappa shape index (κ1) is 14.2. The van der Waals surface area contributed by atoms with E-state index < -0.39 is 0 Å². The van der Waals surface area contributed by atoms with Gasteiger partial charge in [0, 0.05) is 24.5 Å². The minimum Gasteiger partial charge on any atom is -0.399 e. The van der Waals surface area contributed by atoms with Crippen LogP contribution in [0.15, 0.2) is 24.3 Å². The molecule has 0 atom stereocenters. The Kier molecular flexibility index (Phi) is 4.03. The summed E-state index contributed by atoms with van der Waals surface area (Å²) in [7, 11) is 0. The summed E-state index contributed by atoms with van der Waals surface area (Å²) in [4.78, 5) is 4.77. The Hall–Kier alpha value is -1.73. The zero-order valence-corrected chi connectivity index (χ0v) is 12.6. The van der Waals surface area contributed by atoms with E-state index >= 15 is 0 Å². The molecule has 4 nitrogen and oxygen atoms in total. The highest BCUT2D eigenvalue weighted by molar-refractivity contribution is 5.53. The van der Waals surface area contributed by atoms with Crippen molar-refractivity contribution >= 4 is 11.4 Å². The van der Waals surface area contributed by atoms with E-state index in [4.69, 9.17) is 11.0 Å². The Bertz CT molecular complexity index is 499. The van der Waals surface area contributed by atoms with Crippen LogP contribution in [-0.2, 0) is 0 Å². The van der Waals surface area contributed by atoms with Crippen LogP contribution in [0.2, 0.25) is 0 Å². The number of likely N-dealkylation sites (tertiary alicyclic amines) is 1. The topological polar surface area (TPSA) is 56.3 Å². The Labute approximate surface area is 127 Å². The molecular weight excluding hydrogens is 260 g/mol. The minimum atomic E-state index is 0.524. The largest absolute Gasteiger partial charge is 0.399 e. The fourth-order valence-electron chi connectivity index (χ4n) is 3.71. The number of rotatable bonds is 2. The summed E-state index contributed by atoms with van der Waals surface area (Å²) in [6.45, 7) is 5.06. The molecule has 0 amide bonds. The van der Waals surface area contributed by atoms with Gasteiger partial charge in [0.05, 0.1) is 12.6 Å². The van der Waals surface area contributed by atoms with Gasteiger partial charge in [0.25, 0.3) is 0 Å². The maximum atomic E-state index is 8.79. The number of hydrogen-bond donors (Lipinski definition) is 1. The van der Waals surface area contributed by atoms with Gasteiger partial charge in [-0.05, 0) is 68.5 Å². The number of hydrogen-bond acceptors (Lipinski definition) is 4. The second-order valence-electron chi connectivity index (χ2n) is 6.51. The monoisotopic (exact) mass is 284 g/mol. The molecule has 2 saturated heterocycles. The summed E-state index contributed by atoms with van der Waals surface area (Å²) in [6, 6.07) is 10.5. The molecular formula is C17H24N4. The van der Waals surface area contributed by atoms with E-state index in [0.29, 0.717) is 12.0 Å². The van der Waals surface area contributed by atoms with Crippen LogP contribution in [0.4, 0.5) is 11.4 Å². The SMILES string of the molecule is N#CCN1CCC2(CC1)CCN(c1ccc(N)cc1)CC2. The Balaban J connectivity index is 1.56. The molecule has 0 radical (unpaired) electrons. The van der Waals surface area contributed by atoms with Crippen molar-refractivity contribution < 1.29 is 0 Å². The molecule has 2 fully saturated rings. The maximum absolute atomic E-state index is 8.79. The summed E-state index contributed by atoms with van der Waals surface area (Å²) < 4.78 is 0. The highest BCUT2D eigenvalue weighted by atomic mass is 15.2. The van der Waals surface area contributed by atoms with Gasteiger partial charge in [-0.15, -0.1) is 0 Å². The fourth-order valence-corrected chi connectivity index (χ4v) is 3.71. The molecule has 1 spiro atoms. The average Bonchev–Trinajstić information content (AvgIpc) is 2.52. The third-order valence-electron chi connectivity index (χ3n) is 5.29. The van der Waals surface area contributed by atoms with Gasteiger partial charge in [-0.1, -0.05) is 0 Å². The van der Waals surface area contributed by atoms with Gasteiger partial charge in [-0.2, -0.15) is 5.26 Å². The highest BCUT2D eigenvalue weighted by Crippen LogP contribution is 2.42. The smallest absolute Gasteiger partial charge is 0.0865 e. The van der Waals surface area contributed by atoms with Crippen LogP contribution in [0.1, 0.15) is 25.7 Å². The molecule has 1 aromatic rings. The number of anilines is 2. The van der Waals surface area contributed by atoms with E-state index in [2.05, 4.69) is 28.0 Å². The van der Waals surface area contributed by atoms with Crippen molar-refractivity contribution in [1.29, 1.82) is 5.26 Å². The lowest BCUT2D eigenvalue weighted by molar-refractivity contribution is 0.0874. The fraction of sp³-hybridized carbons (Fsp3) is 0.588. The van der Waals surface area contributed by atoms with Crippen molar-refractivity contribution in [1.82, 2.24) is 4.90 Å². The maximum Gasteiger partial charge on any atom is 0.0865 e. The van der Waals surface area contributed by atoms with Gasteiger partial charge >= 0.3 is 0 Å². The molecule has 1 aromatic carbocycles. The van der Waals surface area contributed by atoms with Crippen LogP contribution in [0, 0.1) is 16.7 Å². The summed E-state index contributed by atoms with van der Waals surface area (Å²) in [5.41, 5.74) is 8.41. The number of nitriles is 1. The predicted octanol–water partition coefficient (Wildman–Crippen LogP) is 2.47. The normalized spacial score (nSPS) is 22.1. The lowest BCUT2D eigenvalue weighted by atomic mass is 9.71. The van der Waals surface area contributed by atoms with Gasteiger partial charge in [-0.3, -0.25) is 4.90 Å². The van der Waals surface area contributed by atoms with Gasteiger partial charge in [0.1, 0.15) is 0 Å². The van der Waals surface area contributed by atoms with Crippen LogP contribution in [0.3, 0.4) is 0 Å². The van der Waals surface area contributed by atoms with Crippen molar-refractivity contribution in [2.75, 3.05) is 43.4 Å². The first-order chi connectivity index (χ1) is 10.2. The molecule has 2 aliphatic heterocycles. The lowest BCUT2D eigenvalue weighted by Gasteiger charge is -2.47. The molecule has 112 valence electrons.